The third kappa shape index (κ3) is 4.29. The maximum absolute atomic E-state index is 11.7. The zero-order valence-corrected chi connectivity index (χ0v) is 11.1. The molecular formula is C12H15NO4S. The van der Waals surface area contributed by atoms with E-state index in [0.29, 0.717) is 4.88 Å². The van der Waals surface area contributed by atoms with Gasteiger partial charge in [-0.05, 0) is 26.0 Å². The fraction of sp³-hybridized carbons (Fsp3) is 0.417. The van der Waals surface area contributed by atoms with Gasteiger partial charge < -0.3 is 10.5 Å². The van der Waals surface area contributed by atoms with Crippen molar-refractivity contribution in [2.24, 2.45) is 5.73 Å². The summed E-state index contributed by atoms with van der Waals surface area (Å²) in [5, 5.41) is 0. The van der Waals surface area contributed by atoms with E-state index in [1.54, 1.807) is 6.07 Å². The van der Waals surface area contributed by atoms with Crippen LogP contribution in [0.1, 0.15) is 34.3 Å². The number of ketones is 1. The van der Waals surface area contributed by atoms with Crippen molar-refractivity contribution < 1.29 is 19.1 Å². The molecule has 6 heteroatoms. The Morgan fingerprint density at radius 1 is 1.33 bits per heavy atom. The Morgan fingerprint density at radius 2 is 2.00 bits per heavy atom. The molecular weight excluding hydrogens is 254 g/mol. The maximum atomic E-state index is 11.7. The first-order valence-corrected chi connectivity index (χ1v) is 6.30. The molecule has 18 heavy (non-hydrogen) atoms. The van der Waals surface area contributed by atoms with E-state index in [0.717, 1.165) is 4.88 Å². The smallest absolute Gasteiger partial charge is 0.307 e. The summed E-state index contributed by atoms with van der Waals surface area (Å²) < 4.78 is 4.74. The predicted octanol–water partition coefficient (Wildman–Crippen LogP) is 1.44. The number of rotatable bonds is 6. The van der Waals surface area contributed by atoms with E-state index in [4.69, 9.17) is 10.5 Å². The molecule has 1 atom stereocenters. The van der Waals surface area contributed by atoms with Gasteiger partial charge in [0.2, 0.25) is 0 Å². The summed E-state index contributed by atoms with van der Waals surface area (Å²) in [6.45, 7) is 3.30. The fourth-order valence-electron chi connectivity index (χ4n) is 1.24. The number of carbonyl (C=O) groups is 3. The minimum Gasteiger partial charge on any atom is -0.453 e. The number of esters is 1. The van der Waals surface area contributed by atoms with Crippen molar-refractivity contribution in [1.29, 1.82) is 0 Å². The molecule has 0 saturated carbocycles. The predicted molar refractivity (Wildman–Crippen MR) is 67.4 cm³/mol. The summed E-state index contributed by atoms with van der Waals surface area (Å²) in [5.41, 5.74) is 4.95. The average molecular weight is 269 g/mol. The molecule has 1 aromatic rings. The van der Waals surface area contributed by atoms with Crippen LogP contribution in [0.5, 0.6) is 0 Å². The molecule has 1 rings (SSSR count). The highest BCUT2D eigenvalue weighted by Gasteiger charge is 2.16. The standard InChI is InChI=1S/C12H15NO4S/c1-7-3-5-10(18-7)9(14)4-6-11(15)17-8(2)12(13)16/h3,5,8H,4,6H2,1-2H3,(H2,13,16). The topological polar surface area (TPSA) is 86.5 Å². The molecule has 0 saturated heterocycles. The monoisotopic (exact) mass is 269 g/mol. The lowest BCUT2D eigenvalue weighted by Gasteiger charge is -2.08. The van der Waals surface area contributed by atoms with Crippen LogP contribution in [0.15, 0.2) is 12.1 Å². The molecule has 2 N–H and O–H groups in total. The first-order valence-electron chi connectivity index (χ1n) is 5.48. The van der Waals surface area contributed by atoms with E-state index < -0.39 is 18.0 Å². The van der Waals surface area contributed by atoms with Gasteiger partial charge in [-0.25, -0.2) is 0 Å². The molecule has 0 fully saturated rings. The molecule has 98 valence electrons. The number of aryl methyl sites for hydroxylation is 1. The van der Waals surface area contributed by atoms with Crippen LogP contribution in [-0.2, 0) is 14.3 Å². The van der Waals surface area contributed by atoms with E-state index in [1.165, 1.54) is 18.3 Å². The molecule has 1 amide bonds. The highest BCUT2D eigenvalue weighted by molar-refractivity contribution is 7.14. The van der Waals surface area contributed by atoms with Gasteiger partial charge in [0.25, 0.3) is 5.91 Å². The highest BCUT2D eigenvalue weighted by atomic mass is 32.1. The maximum Gasteiger partial charge on any atom is 0.307 e. The second-order valence-corrected chi connectivity index (χ2v) is 5.16. The van der Waals surface area contributed by atoms with Crippen LogP contribution in [0, 0.1) is 6.92 Å². The summed E-state index contributed by atoms with van der Waals surface area (Å²) in [5.74, 6) is -1.40. The Balaban J connectivity index is 2.39. The number of hydrogen-bond acceptors (Lipinski definition) is 5. The lowest BCUT2D eigenvalue weighted by molar-refractivity contribution is -0.153. The van der Waals surface area contributed by atoms with Gasteiger partial charge in [-0.3, -0.25) is 14.4 Å². The van der Waals surface area contributed by atoms with Crippen LogP contribution in [0.4, 0.5) is 0 Å². The minimum absolute atomic E-state index is 0.0482. The lowest BCUT2D eigenvalue weighted by atomic mass is 10.2. The van der Waals surface area contributed by atoms with Gasteiger partial charge in [-0.15, -0.1) is 11.3 Å². The Kier molecular flexibility index (Phi) is 5.03. The quantitative estimate of drug-likeness (QED) is 0.625. The molecule has 5 nitrogen and oxygen atoms in total. The van der Waals surface area contributed by atoms with Crippen LogP contribution < -0.4 is 5.73 Å². The van der Waals surface area contributed by atoms with Gasteiger partial charge in [0, 0.05) is 11.3 Å². The lowest BCUT2D eigenvalue weighted by Crippen LogP contribution is -2.30. The molecule has 0 bridgehead atoms. The number of hydrogen-bond donors (Lipinski definition) is 1. The van der Waals surface area contributed by atoms with Crippen molar-refractivity contribution in [3.63, 3.8) is 0 Å². The van der Waals surface area contributed by atoms with Gasteiger partial charge >= 0.3 is 5.97 Å². The van der Waals surface area contributed by atoms with Crippen molar-refractivity contribution in [1.82, 2.24) is 0 Å². The Bertz CT molecular complexity index is 466. The van der Waals surface area contributed by atoms with Gasteiger partial charge in [0.1, 0.15) is 0 Å². The van der Waals surface area contributed by atoms with Gasteiger partial charge in [0.15, 0.2) is 11.9 Å². The summed E-state index contributed by atoms with van der Waals surface area (Å²) in [6.07, 6.45) is -0.936. The third-order valence-electron chi connectivity index (χ3n) is 2.28. The second-order valence-electron chi connectivity index (χ2n) is 3.87. The van der Waals surface area contributed by atoms with Crippen LogP contribution in [0.25, 0.3) is 0 Å². The zero-order valence-electron chi connectivity index (χ0n) is 10.3. The van der Waals surface area contributed by atoms with Crippen molar-refractivity contribution in [3.05, 3.63) is 21.9 Å². The number of carbonyl (C=O) groups excluding carboxylic acids is 3. The minimum atomic E-state index is -0.961. The van der Waals surface area contributed by atoms with Crippen LogP contribution >= 0.6 is 11.3 Å². The number of primary amides is 1. The molecule has 0 aliphatic heterocycles. The SMILES string of the molecule is Cc1ccc(C(=O)CCC(=O)OC(C)C(N)=O)s1. The van der Waals surface area contributed by atoms with E-state index in [2.05, 4.69) is 0 Å². The fourth-order valence-corrected chi connectivity index (χ4v) is 2.07. The molecule has 1 aromatic heterocycles. The van der Waals surface area contributed by atoms with Crippen molar-refractivity contribution in [3.8, 4) is 0 Å². The first-order chi connectivity index (χ1) is 8.40. The normalized spacial score (nSPS) is 11.9. The van der Waals surface area contributed by atoms with Crippen LogP contribution in [0.3, 0.4) is 0 Å². The van der Waals surface area contributed by atoms with E-state index in [-0.39, 0.29) is 18.6 Å². The number of amides is 1. The molecule has 0 spiro atoms. The van der Waals surface area contributed by atoms with Crippen molar-refractivity contribution >= 4 is 29.0 Å². The summed E-state index contributed by atoms with van der Waals surface area (Å²) >= 11 is 1.39. The Labute approximate surface area is 109 Å². The van der Waals surface area contributed by atoms with Crippen LogP contribution in [0.2, 0.25) is 0 Å². The van der Waals surface area contributed by atoms with E-state index in [9.17, 15) is 14.4 Å². The molecule has 0 radical (unpaired) electrons. The van der Waals surface area contributed by atoms with Crippen molar-refractivity contribution in [2.75, 3.05) is 0 Å². The number of Topliss-reactive ketones (excluding diaryl/α,β-unsaturated/α-hetero) is 1. The summed E-state index contributed by atoms with van der Waals surface area (Å²) in [6, 6.07) is 3.59. The number of thiophene rings is 1. The van der Waals surface area contributed by atoms with Crippen LogP contribution in [-0.4, -0.2) is 23.8 Å². The first kappa shape index (κ1) is 14.4. The molecule has 0 aromatic carbocycles. The molecule has 1 unspecified atom stereocenters. The Morgan fingerprint density at radius 3 is 2.50 bits per heavy atom. The van der Waals surface area contributed by atoms with Gasteiger partial charge in [-0.2, -0.15) is 0 Å². The summed E-state index contributed by atoms with van der Waals surface area (Å²) in [7, 11) is 0. The number of ether oxygens (including phenoxy) is 1. The third-order valence-corrected chi connectivity index (χ3v) is 3.32. The van der Waals surface area contributed by atoms with Gasteiger partial charge in [0.05, 0.1) is 11.3 Å². The highest BCUT2D eigenvalue weighted by Crippen LogP contribution is 2.17. The van der Waals surface area contributed by atoms with Gasteiger partial charge in [-0.1, -0.05) is 0 Å². The Hall–Kier alpha value is -1.69. The van der Waals surface area contributed by atoms with E-state index in [1.807, 2.05) is 13.0 Å². The largest absolute Gasteiger partial charge is 0.453 e. The molecule has 1 heterocycles. The average Bonchev–Trinajstić information content (AvgIpc) is 2.72. The number of nitrogens with two attached hydrogens (primary N) is 1. The van der Waals surface area contributed by atoms with E-state index >= 15 is 0 Å². The summed E-state index contributed by atoms with van der Waals surface area (Å²) in [4.78, 5) is 35.4. The second kappa shape index (κ2) is 6.30. The molecule has 0 aliphatic rings. The van der Waals surface area contributed by atoms with Crippen molar-refractivity contribution in [2.45, 2.75) is 32.8 Å². The zero-order chi connectivity index (χ0) is 13.7. The molecule has 0 aliphatic carbocycles.